The van der Waals surface area contributed by atoms with Crippen LogP contribution in [0, 0.1) is 11.3 Å². The van der Waals surface area contributed by atoms with Crippen LogP contribution < -0.4 is 5.73 Å². The molecule has 5 heteroatoms. The topological polar surface area (TPSA) is 88.5 Å². The van der Waals surface area contributed by atoms with Gasteiger partial charge in [0.15, 0.2) is 5.69 Å². The van der Waals surface area contributed by atoms with E-state index < -0.39 is 0 Å². The molecule has 2 aromatic heterocycles. The molecule has 0 spiro atoms. The molecule has 5 nitrogen and oxygen atoms in total. The Balaban J connectivity index is 2.28. The lowest BCUT2D eigenvalue weighted by atomic mass is 10.1. The van der Waals surface area contributed by atoms with Crippen LogP contribution in [0.4, 0.5) is 5.82 Å². The van der Waals surface area contributed by atoms with Crippen LogP contribution in [-0.4, -0.2) is 15.0 Å². The number of nitrogens with zero attached hydrogens (tertiary/aromatic N) is 4. The molecule has 0 unspecified atom stereocenters. The molecule has 0 bridgehead atoms. The van der Waals surface area contributed by atoms with Crippen LogP contribution in [0.15, 0.2) is 36.4 Å². The van der Waals surface area contributed by atoms with Crippen molar-refractivity contribution in [3.63, 3.8) is 0 Å². The van der Waals surface area contributed by atoms with Crippen molar-refractivity contribution in [3.8, 4) is 17.3 Å². The molecule has 102 valence electrons. The molecule has 0 aliphatic carbocycles. The minimum atomic E-state index is 0.342. The summed E-state index contributed by atoms with van der Waals surface area (Å²) in [6, 6.07) is 13.4. The first-order valence-corrected chi connectivity index (χ1v) is 6.65. The van der Waals surface area contributed by atoms with Crippen LogP contribution >= 0.6 is 0 Å². The Hall–Kier alpha value is -3.00. The fourth-order valence-corrected chi connectivity index (χ4v) is 2.21. The zero-order valence-corrected chi connectivity index (χ0v) is 11.5. The molecular weight excluding hydrogens is 262 g/mol. The smallest absolute Gasteiger partial charge is 0.150 e. The van der Waals surface area contributed by atoms with Crippen molar-refractivity contribution < 1.29 is 0 Å². The minimum absolute atomic E-state index is 0.342. The third kappa shape index (κ3) is 2.39. The van der Waals surface area contributed by atoms with E-state index in [1.54, 1.807) is 6.07 Å². The Labute approximate surface area is 122 Å². The quantitative estimate of drug-likeness (QED) is 0.776. The summed E-state index contributed by atoms with van der Waals surface area (Å²) in [6.45, 7) is 1.96. The van der Waals surface area contributed by atoms with Crippen LogP contribution in [0.25, 0.3) is 22.2 Å². The Morgan fingerprint density at radius 1 is 1.14 bits per heavy atom. The van der Waals surface area contributed by atoms with Gasteiger partial charge in [-0.15, -0.1) is 0 Å². The van der Waals surface area contributed by atoms with Gasteiger partial charge in [0.2, 0.25) is 0 Å². The predicted molar refractivity (Wildman–Crippen MR) is 81.3 cm³/mol. The highest BCUT2D eigenvalue weighted by Crippen LogP contribution is 2.26. The van der Waals surface area contributed by atoms with Gasteiger partial charge in [0, 0.05) is 23.4 Å². The van der Waals surface area contributed by atoms with Gasteiger partial charge in [0.25, 0.3) is 0 Å². The van der Waals surface area contributed by atoms with Crippen LogP contribution in [0.5, 0.6) is 0 Å². The van der Waals surface area contributed by atoms with Crippen molar-refractivity contribution in [1.82, 2.24) is 15.0 Å². The van der Waals surface area contributed by atoms with Crippen LogP contribution in [-0.2, 0) is 6.42 Å². The molecule has 21 heavy (non-hydrogen) atoms. The van der Waals surface area contributed by atoms with Gasteiger partial charge in [0.05, 0.1) is 11.2 Å². The molecule has 0 aliphatic rings. The molecule has 1 aromatic carbocycles. The Kier molecular flexibility index (Phi) is 3.20. The van der Waals surface area contributed by atoms with Crippen molar-refractivity contribution in [3.05, 3.63) is 47.9 Å². The second-order valence-corrected chi connectivity index (χ2v) is 4.64. The number of aromatic nitrogens is 3. The van der Waals surface area contributed by atoms with E-state index in [0.29, 0.717) is 35.0 Å². The lowest BCUT2D eigenvalue weighted by Crippen LogP contribution is -2.01. The van der Waals surface area contributed by atoms with E-state index in [1.165, 1.54) is 0 Å². The van der Waals surface area contributed by atoms with E-state index in [2.05, 4.69) is 21.0 Å². The maximum atomic E-state index is 9.35. The molecule has 2 N–H and O–H groups in total. The van der Waals surface area contributed by atoms with Crippen LogP contribution in [0.2, 0.25) is 0 Å². The molecule has 2 heterocycles. The Morgan fingerprint density at radius 2 is 1.95 bits per heavy atom. The zero-order valence-electron chi connectivity index (χ0n) is 11.5. The maximum absolute atomic E-state index is 9.35. The van der Waals surface area contributed by atoms with Crippen molar-refractivity contribution >= 4 is 16.7 Å². The summed E-state index contributed by atoms with van der Waals surface area (Å²) in [5.41, 5.74) is 8.27. The van der Waals surface area contributed by atoms with E-state index in [-0.39, 0.29) is 0 Å². The summed E-state index contributed by atoms with van der Waals surface area (Å²) in [4.78, 5) is 13.0. The molecule has 0 amide bonds. The van der Waals surface area contributed by atoms with Crippen molar-refractivity contribution in [1.29, 1.82) is 5.26 Å². The molecule has 0 saturated heterocycles. The average Bonchev–Trinajstić information content (AvgIpc) is 2.52. The third-order valence-corrected chi connectivity index (χ3v) is 3.21. The number of benzene rings is 1. The molecule has 0 radical (unpaired) electrons. The van der Waals surface area contributed by atoms with Gasteiger partial charge < -0.3 is 5.73 Å². The van der Waals surface area contributed by atoms with E-state index in [1.807, 2.05) is 37.3 Å². The molecule has 3 rings (SSSR count). The number of para-hydroxylation sites is 1. The van der Waals surface area contributed by atoms with Gasteiger partial charge in [-0.2, -0.15) is 5.26 Å². The number of hydrogen-bond acceptors (Lipinski definition) is 5. The van der Waals surface area contributed by atoms with Crippen molar-refractivity contribution in [2.75, 3.05) is 5.73 Å². The normalized spacial score (nSPS) is 10.5. The highest BCUT2D eigenvalue weighted by Gasteiger charge is 2.12. The number of nitrogen functional groups attached to an aromatic ring is 1. The second kappa shape index (κ2) is 5.17. The number of rotatable bonds is 2. The summed E-state index contributed by atoms with van der Waals surface area (Å²) >= 11 is 0. The Morgan fingerprint density at radius 3 is 2.71 bits per heavy atom. The number of pyridine rings is 1. The monoisotopic (exact) mass is 275 g/mol. The molecular formula is C16H13N5. The van der Waals surface area contributed by atoms with E-state index >= 15 is 0 Å². The minimum Gasteiger partial charge on any atom is -0.384 e. The number of nitrogens with two attached hydrogens (primary N) is 1. The third-order valence-electron chi connectivity index (χ3n) is 3.21. The second-order valence-electron chi connectivity index (χ2n) is 4.64. The van der Waals surface area contributed by atoms with Gasteiger partial charge in [0.1, 0.15) is 17.7 Å². The van der Waals surface area contributed by atoms with Crippen LogP contribution in [0.1, 0.15) is 18.4 Å². The maximum Gasteiger partial charge on any atom is 0.150 e. The summed E-state index contributed by atoms with van der Waals surface area (Å²) in [5, 5.41) is 10.3. The largest absolute Gasteiger partial charge is 0.384 e. The van der Waals surface area contributed by atoms with E-state index in [9.17, 15) is 5.26 Å². The number of hydrogen-bond donors (Lipinski definition) is 1. The highest BCUT2D eigenvalue weighted by molar-refractivity contribution is 5.85. The number of aryl methyl sites for hydroxylation is 1. The molecule has 0 aliphatic heterocycles. The number of anilines is 1. The Bertz CT molecular complexity index is 864. The molecule has 0 atom stereocenters. The van der Waals surface area contributed by atoms with E-state index in [4.69, 9.17) is 5.73 Å². The molecule has 3 aromatic rings. The summed E-state index contributed by atoms with van der Waals surface area (Å²) < 4.78 is 0. The summed E-state index contributed by atoms with van der Waals surface area (Å²) in [6.07, 6.45) is 0.681. The van der Waals surface area contributed by atoms with Crippen molar-refractivity contribution in [2.45, 2.75) is 13.3 Å². The number of fused-ring (bicyclic) bond motifs is 1. The zero-order chi connectivity index (χ0) is 14.8. The molecule has 0 fully saturated rings. The SMILES string of the molecule is CCc1nc(N)cc(-c2cc3ccccc3nc2C#N)n1. The summed E-state index contributed by atoms with van der Waals surface area (Å²) in [5.74, 6) is 1.05. The first-order chi connectivity index (χ1) is 10.2. The predicted octanol–water partition coefficient (Wildman–Crippen LogP) is 2.71. The highest BCUT2D eigenvalue weighted by atomic mass is 14.9. The van der Waals surface area contributed by atoms with E-state index in [0.717, 1.165) is 10.9 Å². The van der Waals surface area contributed by atoms with Gasteiger partial charge >= 0.3 is 0 Å². The fraction of sp³-hybridized carbons (Fsp3) is 0.125. The fourth-order valence-electron chi connectivity index (χ4n) is 2.21. The first-order valence-electron chi connectivity index (χ1n) is 6.65. The van der Waals surface area contributed by atoms with Gasteiger partial charge in [-0.05, 0) is 12.1 Å². The average molecular weight is 275 g/mol. The lowest BCUT2D eigenvalue weighted by molar-refractivity contribution is 0.948. The number of nitriles is 1. The van der Waals surface area contributed by atoms with Crippen molar-refractivity contribution in [2.24, 2.45) is 0 Å². The van der Waals surface area contributed by atoms with Gasteiger partial charge in [-0.1, -0.05) is 25.1 Å². The first kappa shape index (κ1) is 13.0. The van der Waals surface area contributed by atoms with Gasteiger partial charge in [-0.25, -0.2) is 15.0 Å². The molecule has 0 saturated carbocycles. The summed E-state index contributed by atoms with van der Waals surface area (Å²) in [7, 11) is 0. The lowest BCUT2D eigenvalue weighted by Gasteiger charge is -2.07. The van der Waals surface area contributed by atoms with Gasteiger partial charge in [-0.3, -0.25) is 0 Å². The standard InChI is InChI=1S/C16H13N5/c1-2-16-20-13(8-15(18)21-16)11-7-10-5-3-4-6-12(10)19-14(11)9-17/h3-8H,2H2,1H3,(H2,18,20,21). The van der Waals surface area contributed by atoms with Crippen LogP contribution in [0.3, 0.4) is 0 Å².